The van der Waals surface area contributed by atoms with Gasteiger partial charge in [-0.05, 0) is 32.2 Å². The number of carbonyl (C=O) groups is 1. The molecule has 0 amide bonds. The Morgan fingerprint density at radius 2 is 2.21 bits per heavy atom. The third-order valence-corrected chi connectivity index (χ3v) is 4.16. The van der Waals surface area contributed by atoms with Gasteiger partial charge in [0.15, 0.2) is 0 Å². The summed E-state index contributed by atoms with van der Waals surface area (Å²) in [6.07, 6.45) is 1.96. The van der Waals surface area contributed by atoms with Gasteiger partial charge in [-0.25, -0.2) is 4.79 Å². The molecule has 2 N–H and O–H groups in total. The number of methoxy groups -OCH3 is 1. The van der Waals surface area contributed by atoms with E-state index in [-0.39, 0.29) is 29.7 Å². The van der Waals surface area contributed by atoms with Crippen LogP contribution in [0.3, 0.4) is 0 Å². The fourth-order valence-corrected chi connectivity index (χ4v) is 2.45. The van der Waals surface area contributed by atoms with Gasteiger partial charge in [0.1, 0.15) is 5.76 Å². The van der Waals surface area contributed by atoms with Crippen molar-refractivity contribution in [2.45, 2.75) is 31.2 Å². The van der Waals surface area contributed by atoms with Gasteiger partial charge in [-0.3, -0.25) is 0 Å². The molecule has 108 valence electrons. The molecule has 0 spiro atoms. The molecule has 1 heterocycles. The summed E-state index contributed by atoms with van der Waals surface area (Å²) in [5.74, 6) is 0.385. The molecular weight excluding hydrogens is 266 g/mol. The third kappa shape index (κ3) is 4.26. The second-order valence-electron chi connectivity index (χ2n) is 4.33. The number of nitrogens with one attached hydrogen (secondary N) is 1. The highest BCUT2D eigenvalue weighted by Crippen LogP contribution is 2.19. The number of thioether (sulfide) groups is 1. The Labute approximate surface area is 117 Å². The van der Waals surface area contributed by atoms with Crippen LogP contribution < -0.4 is 5.32 Å². The highest BCUT2D eigenvalue weighted by Gasteiger charge is 2.20. The second kappa shape index (κ2) is 7.57. The SMILES string of the molecule is COC(=O)c1ccc(C(C)NC(C)C(CO)SC)o1. The van der Waals surface area contributed by atoms with E-state index >= 15 is 0 Å². The summed E-state index contributed by atoms with van der Waals surface area (Å²) in [6.45, 7) is 4.08. The molecule has 0 bridgehead atoms. The molecule has 0 saturated heterocycles. The quantitative estimate of drug-likeness (QED) is 0.746. The zero-order chi connectivity index (χ0) is 14.4. The third-order valence-electron chi connectivity index (χ3n) is 2.99. The maximum Gasteiger partial charge on any atom is 0.373 e. The zero-order valence-corrected chi connectivity index (χ0v) is 12.5. The zero-order valence-electron chi connectivity index (χ0n) is 11.7. The Morgan fingerprint density at radius 3 is 2.74 bits per heavy atom. The molecule has 19 heavy (non-hydrogen) atoms. The summed E-state index contributed by atoms with van der Waals surface area (Å²) >= 11 is 1.61. The predicted molar refractivity (Wildman–Crippen MR) is 75.4 cm³/mol. The summed E-state index contributed by atoms with van der Waals surface area (Å²) in [5.41, 5.74) is 0. The van der Waals surface area contributed by atoms with Gasteiger partial charge in [0.2, 0.25) is 5.76 Å². The standard InChI is InChI=1S/C13H21NO4S/c1-8(14-9(2)12(7-15)19-4)10-5-6-11(18-10)13(16)17-3/h5-6,8-9,12,14-15H,7H2,1-4H3. The van der Waals surface area contributed by atoms with Gasteiger partial charge >= 0.3 is 5.97 Å². The molecule has 3 unspecified atom stereocenters. The van der Waals surface area contributed by atoms with E-state index in [1.54, 1.807) is 23.9 Å². The van der Waals surface area contributed by atoms with Gasteiger partial charge in [-0.2, -0.15) is 11.8 Å². The van der Waals surface area contributed by atoms with Crippen molar-refractivity contribution in [1.29, 1.82) is 0 Å². The van der Waals surface area contributed by atoms with Gasteiger partial charge in [0, 0.05) is 11.3 Å². The smallest absolute Gasteiger partial charge is 0.373 e. The minimum atomic E-state index is -0.483. The average molecular weight is 287 g/mol. The molecule has 1 aromatic heterocycles. The van der Waals surface area contributed by atoms with Gasteiger partial charge in [0.05, 0.1) is 19.8 Å². The first-order chi connectivity index (χ1) is 9.03. The molecule has 1 aromatic rings. The molecule has 1 rings (SSSR count). The molecule has 0 aliphatic carbocycles. The Balaban J connectivity index is 2.65. The maximum absolute atomic E-state index is 11.3. The van der Waals surface area contributed by atoms with Gasteiger partial charge < -0.3 is 19.6 Å². The molecule has 0 aliphatic rings. The summed E-state index contributed by atoms with van der Waals surface area (Å²) in [5, 5.41) is 12.7. The molecule has 0 fully saturated rings. The Morgan fingerprint density at radius 1 is 1.53 bits per heavy atom. The molecule has 5 nitrogen and oxygen atoms in total. The molecular formula is C13H21NO4S. The van der Waals surface area contributed by atoms with Crippen LogP contribution in [0.25, 0.3) is 0 Å². The van der Waals surface area contributed by atoms with Crippen LogP contribution in [-0.4, -0.2) is 42.3 Å². The van der Waals surface area contributed by atoms with E-state index in [4.69, 9.17) is 4.42 Å². The first kappa shape index (κ1) is 16.1. The first-order valence-corrected chi connectivity index (χ1v) is 7.40. The van der Waals surface area contributed by atoms with Crippen molar-refractivity contribution in [1.82, 2.24) is 5.32 Å². The number of aliphatic hydroxyl groups excluding tert-OH is 1. The molecule has 0 saturated carbocycles. The van der Waals surface area contributed by atoms with Crippen molar-refractivity contribution in [3.63, 3.8) is 0 Å². The second-order valence-corrected chi connectivity index (χ2v) is 5.40. The largest absolute Gasteiger partial charge is 0.463 e. The Hall–Kier alpha value is -0.980. The molecule has 0 radical (unpaired) electrons. The number of carbonyl (C=O) groups excluding carboxylic acids is 1. The first-order valence-electron chi connectivity index (χ1n) is 6.11. The lowest BCUT2D eigenvalue weighted by Gasteiger charge is -2.24. The van der Waals surface area contributed by atoms with Crippen LogP contribution in [0.1, 0.15) is 36.2 Å². The van der Waals surface area contributed by atoms with Crippen molar-refractivity contribution in [3.05, 3.63) is 23.7 Å². The highest BCUT2D eigenvalue weighted by atomic mass is 32.2. The number of ether oxygens (including phenoxy) is 1. The van der Waals surface area contributed by atoms with E-state index in [1.807, 2.05) is 20.1 Å². The average Bonchev–Trinajstić information content (AvgIpc) is 2.88. The molecule has 6 heteroatoms. The number of furan rings is 1. The topological polar surface area (TPSA) is 71.7 Å². The predicted octanol–water partition coefficient (Wildman–Crippen LogP) is 1.83. The fourth-order valence-electron chi connectivity index (χ4n) is 1.82. The van der Waals surface area contributed by atoms with E-state index in [0.29, 0.717) is 5.76 Å². The number of aliphatic hydroxyl groups is 1. The van der Waals surface area contributed by atoms with Crippen LogP contribution in [0.15, 0.2) is 16.5 Å². The van der Waals surface area contributed by atoms with E-state index < -0.39 is 5.97 Å². The van der Waals surface area contributed by atoms with Crippen LogP contribution in [-0.2, 0) is 4.74 Å². The van der Waals surface area contributed by atoms with Crippen LogP contribution in [0.4, 0.5) is 0 Å². The van der Waals surface area contributed by atoms with E-state index in [0.717, 1.165) is 0 Å². The van der Waals surface area contributed by atoms with Gasteiger partial charge in [-0.15, -0.1) is 0 Å². The van der Waals surface area contributed by atoms with Crippen LogP contribution in [0, 0.1) is 0 Å². The summed E-state index contributed by atoms with van der Waals surface area (Å²) < 4.78 is 10.0. The summed E-state index contributed by atoms with van der Waals surface area (Å²) in [4.78, 5) is 11.3. The van der Waals surface area contributed by atoms with Crippen molar-refractivity contribution < 1.29 is 19.1 Å². The van der Waals surface area contributed by atoms with Crippen molar-refractivity contribution in [2.75, 3.05) is 20.0 Å². The number of rotatable bonds is 7. The normalized spacial score (nSPS) is 15.8. The molecule has 3 atom stereocenters. The van der Waals surface area contributed by atoms with Crippen LogP contribution >= 0.6 is 11.8 Å². The molecule has 0 aromatic carbocycles. The number of esters is 1. The lowest BCUT2D eigenvalue weighted by Crippen LogP contribution is -2.38. The fraction of sp³-hybridized carbons (Fsp3) is 0.615. The van der Waals surface area contributed by atoms with Crippen molar-refractivity contribution in [2.24, 2.45) is 0 Å². The van der Waals surface area contributed by atoms with Crippen molar-refractivity contribution >= 4 is 17.7 Å². The minimum absolute atomic E-state index is 0.0467. The van der Waals surface area contributed by atoms with Crippen molar-refractivity contribution in [3.8, 4) is 0 Å². The van der Waals surface area contributed by atoms with E-state index in [9.17, 15) is 9.90 Å². The highest BCUT2D eigenvalue weighted by molar-refractivity contribution is 7.99. The number of hydrogen-bond acceptors (Lipinski definition) is 6. The van der Waals surface area contributed by atoms with Gasteiger partial charge in [-0.1, -0.05) is 0 Å². The van der Waals surface area contributed by atoms with E-state index in [1.165, 1.54) is 7.11 Å². The number of hydrogen-bond donors (Lipinski definition) is 2. The van der Waals surface area contributed by atoms with Crippen LogP contribution in [0.2, 0.25) is 0 Å². The maximum atomic E-state index is 11.3. The van der Waals surface area contributed by atoms with Gasteiger partial charge in [0.25, 0.3) is 0 Å². The Kier molecular flexibility index (Phi) is 6.41. The Bertz CT molecular complexity index is 403. The van der Waals surface area contributed by atoms with Crippen LogP contribution in [0.5, 0.6) is 0 Å². The summed E-state index contributed by atoms with van der Waals surface area (Å²) in [6, 6.07) is 3.43. The summed E-state index contributed by atoms with van der Waals surface area (Å²) in [7, 11) is 1.32. The molecule has 0 aliphatic heterocycles. The lowest BCUT2D eigenvalue weighted by molar-refractivity contribution is 0.0562. The van der Waals surface area contributed by atoms with E-state index in [2.05, 4.69) is 10.1 Å². The monoisotopic (exact) mass is 287 g/mol. The lowest BCUT2D eigenvalue weighted by atomic mass is 10.2. The minimum Gasteiger partial charge on any atom is -0.463 e.